The average Bonchev–Trinajstić information content (AvgIpc) is 4.15. The Kier molecular flexibility index (Phi) is 13.6. The molecule has 7 atom stereocenters. The van der Waals surface area contributed by atoms with Crippen LogP contribution in [0.5, 0.6) is 17.5 Å². The van der Waals surface area contributed by atoms with Gasteiger partial charge in [-0.1, -0.05) is 32.4 Å². The number of alkyl halides is 3. The first-order valence-electron chi connectivity index (χ1n) is 22.5. The second-order valence-corrected chi connectivity index (χ2v) is 21.5. The molecule has 0 radical (unpaired) electrons. The zero-order chi connectivity index (χ0) is 48.0. The van der Waals surface area contributed by atoms with Gasteiger partial charge in [0.05, 0.1) is 49.3 Å². The molecule has 2 aliphatic heterocycles. The van der Waals surface area contributed by atoms with Crippen molar-refractivity contribution in [2.75, 3.05) is 20.8 Å². The maximum absolute atomic E-state index is 15.2. The molecule has 0 unspecified atom stereocenters. The summed E-state index contributed by atoms with van der Waals surface area (Å²) in [5.74, 6) is -4.09. The third-order valence-electron chi connectivity index (χ3n) is 14.2. The molecule has 4 heterocycles. The smallest absolute Gasteiger partial charge is 0.427 e. The van der Waals surface area contributed by atoms with Crippen LogP contribution in [0.2, 0.25) is 0 Å². The molecule has 0 spiro atoms. The zero-order valence-corrected chi connectivity index (χ0v) is 39.2. The van der Waals surface area contributed by atoms with Gasteiger partial charge in [-0.15, -0.1) is 0 Å². The second-order valence-electron chi connectivity index (χ2n) is 19.3. The molecule has 0 bridgehead atoms. The highest BCUT2D eigenvalue weighted by Crippen LogP contribution is 2.58. The third-order valence-corrected chi connectivity index (χ3v) is 16.3. The largest absolute Gasteiger partial charge is 0.497 e. The number of ketones is 1. The summed E-state index contributed by atoms with van der Waals surface area (Å²) in [5.41, 5.74) is -2.82. The van der Waals surface area contributed by atoms with Crippen LogP contribution in [-0.4, -0.2) is 96.3 Å². The molecule has 2 aromatic heterocycles. The lowest BCUT2D eigenvalue weighted by Crippen LogP contribution is -2.49. The number of hydrogen-bond donors (Lipinski definition) is 1. The van der Waals surface area contributed by atoms with Gasteiger partial charge in [0, 0.05) is 53.2 Å². The standard InChI is InChI=1S/C48H59F3N4O10S/c1-8-29-19-28(2)11-9-10-12-31-23-47(31,44(59)54-66(60,61)46(5)17-18-46)24-39(56)38-21-33(27-55(38)43(58)35(29)22-41(57)65-45(3,4)48(49,50)51)64-42-34-15-14-32(62-6)20-36(34)37(26-53-42)30-13-16-40(63-7)52-25-30/h10,12-16,20,25-26,28-29,31,33,35,38H,8-9,11,17-19,21-24,27H2,1-7H3,(H,54,59)/b12-10-/t28-,29-,31-,33-,35+,38+,47-/m1/s1. The predicted octanol–water partition coefficient (Wildman–Crippen LogP) is 7.92. The molecule has 3 aromatic rings. The van der Waals surface area contributed by atoms with Crippen LogP contribution in [0.3, 0.4) is 0 Å². The van der Waals surface area contributed by atoms with E-state index < -0.39 is 98.3 Å². The van der Waals surface area contributed by atoms with Crippen LogP contribution >= 0.6 is 0 Å². The molecular formula is C48H59F3N4O10S. The van der Waals surface area contributed by atoms with Gasteiger partial charge in [-0.25, -0.2) is 18.4 Å². The average molecular weight is 941 g/mol. The van der Waals surface area contributed by atoms with E-state index >= 15 is 4.79 Å². The minimum absolute atomic E-state index is 0.00101. The van der Waals surface area contributed by atoms with Crippen molar-refractivity contribution in [1.82, 2.24) is 19.6 Å². The number of fused-ring (bicyclic) bond motifs is 3. The van der Waals surface area contributed by atoms with Crippen LogP contribution in [-0.2, 0) is 33.9 Å². The maximum Gasteiger partial charge on any atom is 0.427 e. The highest BCUT2D eigenvalue weighted by atomic mass is 32.2. The predicted molar refractivity (Wildman–Crippen MR) is 238 cm³/mol. The lowest BCUT2D eigenvalue weighted by molar-refractivity contribution is -0.257. The van der Waals surface area contributed by atoms with E-state index in [1.807, 2.05) is 38.1 Å². The van der Waals surface area contributed by atoms with Gasteiger partial charge in [0.1, 0.15) is 11.9 Å². The topological polar surface area (TPSA) is 180 Å². The number of halogens is 3. The molecule has 7 rings (SSSR count). The molecule has 2 amide bonds. The van der Waals surface area contributed by atoms with Gasteiger partial charge in [0.2, 0.25) is 39.2 Å². The Balaban J connectivity index is 1.26. The monoisotopic (exact) mass is 940 g/mol. The number of amides is 2. The first-order valence-corrected chi connectivity index (χ1v) is 24.0. The maximum atomic E-state index is 15.2. The minimum atomic E-state index is -4.89. The highest BCUT2D eigenvalue weighted by molar-refractivity contribution is 7.91. The number of carbonyl (C=O) groups is 4. The second kappa shape index (κ2) is 18.4. The van der Waals surface area contributed by atoms with E-state index in [1.165, 1.54) is 19.1 Å². The molecule has 1 N–H and O–H groups in total. The Morgan fingerprint density at radius 3 is 2.38 bits per heavy atom. The Morgan fingerprint density at radius 1 is 1.00 bits per heavy atom. The summed E-state index contributed by atoms with van der Waals surface area (Å²) in [7, 11) is -1.01. The number of esters is 1. The van der Waals surface area contributed by atoms with E-state index in [2.05, 4.69) is 9.71 Å². The summed E-state index contributed by atoms with van der Waals surface area (Å²) < 4.78 is 92.2. The number of rotatable bonds is 12. The van der Waals surface area contributed by atoms with E-state index in [0.29, 0.717) is 66.5 Å². The molecule has 14 nitrogen and oxygen atoms in total. The molecule has 4 aliphatic rings. The van der Waals surface area contributed by atoms with Gasteiger partial charge in [0.25, 0.3) is 0 Å². The van der Waals surface area contributed by atoms with Crippen molar-refractivity contribution in [3.05, 3.63) is 54.9 Å². The third kappa shape index (κ3) is 9.89. The van der Waals surface area contributed by atoms with Crippen LogP contribution < -0.4 is 18.9 Å². The van der Waals surface area contributed by atoms with Crippen molar-refractivity contribution >= 4 is 44.4 Å². The number of carbonyl (C=O) groups excluding carboxylic acids is 4. The summed E-state index contributed by atoms with van der Waals surface area (Å²) in [5, 5.41) is 1.27. The molecular weight excluding hydrogens is 882 g/mol. The van der Waals surface area contributed by atoms with Crippen LogP contribution in [0.4, 0.5) is 13.2 Å². The number of pyridine rings is 2. The van der Waals surface area contributed by atoms with E-state index in [1.54, 1.807) is 37.5 Å². The number of benzene rings is 1. The van der Waals surface area contributed by atoms with Gasteiger partial charge in [-0.2, -0.15) is 13.2 Å². The Bertz CT molecular complexity index is 2490. The molecule has 358 valence electrons. The van der Waals surface area contributed by atoms with Gasteiger partial charge in [-0.05, 0) is 101 Å². The SMILES string of the molecule is CC[C@@H]1C[C@H](C)CC/C=C\[C@@H]2C[C@@]2(C(=O)NS(=O)(=O)C2(C)CC2)CC(=O)[C@@H]2C[C@@H](Oc3ncc(-c4ccc(OC)nc4)c4cc(OC)ccc34)CN2C(=O)[C@H]1CC(=O)OC(C)(C)C(F)(F)F. The number of nitrogens with zero attached hydrogens (tertiary/aromatic N) is 3. The van der Waals surface area contributed by atoms with Crippen molar-refractivity contribution in [3.63, 3.8) is 0 Å². The van der Waals surface area contributed by atoms with Crippen molar-refractivity contribution in [2.45, 2.75) is 127 Å². The van der Waals surface area contributed by atoms with E-state index in [9.17, 15) is 36.0 Å². The summed E-state index contributed by atoms with van der Waals surface area (Å²) in [6.45, 7) is 6.73. The Morgan fingerprint density at radius 2 is 1.74 bits per heavy atom. The van der Waals surface area contributed by atoms with Gasteiger partial charge in [0.15, 0.2) is 5.78 Å². The summed E-state index contributed by atoms with van der Waals surface area (Å²) >= 11 is 0. The fraction of sp³-hybridized carbons (Fsp3) is 0.583. The van der Waals surface area contributed by atoms with Crippen molar-refractivity contribution in [3.8, 4) is 28.6 Å². The van der Waals surface area contributed by atoms with E-state index in [0.717, 1.165) is 19.4 Å². The van der Waals surface area contributed by atoms with Crippen LogP contribution in [0, 0.1) is 29.1 Å². The lowest BCUT2D eigenvalue weighted by Gasteiger charge is -2.34. The Labute approximate surface area is 383 Å². The lowest BCUT2D eigenvalue weighted by atomic mass is 9.79. The molecule has 1 aromatic carbocycles. The molecule has 66 heavy (non-hydrogen) atoms. The van der Waals surface area contributed by atoms with E-state index in [-0.39, 0.29) is 31.2 Å². The molecule has 18 heteroatoms. The number of sulfonamides is 1. The van der Waals surface area contributed by atoms with Gasteiger partial charge in [-0.3, -0.25) is 23.9 Å². The van der Waals surface area contributed by atoms with Crippen LogP contribution in [0.1, 0.15) is 98.8 Å². The zero-order valence-electron chi connectivity index (χ0n) is 38.4. The number of aromatic nitrogens is 2. The number of ether oxygens (including phenoxy) is 4. The van der Waals surface area contributed by atoms with Gasteiger partial charge < -0.3 is 23.8 Å². The highest BCUT2D eigenvalue weighted by Gasteiger charge is 2.63. The quantitative estimate of drug-likeness (QED) is 0.137. The first kappa shape index (κ1) is 48.7. The summed E-state index contributed by atoms with van der Waals surface area (Å²) in [4.78, 5) is 68.1. The molecule has 2 saturated carbocycles. The van der Waals surface area contributed by atoms with Crippen LogP contribution in [0.25, 0.3) is 21.9 Å². The van der Waals surface area contributed by atoms with Gasteiger partial charge >= 0.3 is 12.1 Å². The number of Topliss-reactive ketones (excluding diaryl/α,β-unsaturated/α-hetero) is 1. The fourth-order valence-corrected chi connectivity index (χ4v) is 10.7. The van der Waals surface area contributed by atoms with Crippen molar-refractivity contribution in [1.29, 1.82) is 0 Å². The first-order chi connectivity index (χ1) is 31.0. The molecule has 1 saturated heterocycles. The minimum Gasteiger partial charge on any atom is -0.497 e. The number of nitrogens with one attached hydrogen (secondary N) is 1. The van der Waals surface area contributed by atoms with Crippen LogP contribution in [0.15, 0.2) is 54.9 Å². The number of allylic oxidation sites excluding steroid dienone is 2. The Hall–Kier alpha value is -5.26. The van der Waals surface area contributed by atoms with E-state index in [4.69, 9.17) is 23.9 Å². The summed E-state index contributed by atoms with van der Waals surface area (Å²) in [6.07, 6.45) is 3.24. The fourth-order valence-electron chi connectivity index (χ4n) is 9.37. The molecule has 2 aliphatic carbocycles. The normalized spacial score (nSPS) is 27.4. The number of hydrogen-bond acceptors (Lipinski definition) is 12. The molecule has 3 fully saturated rings. The number of methoxy groups -OCH3 is 2. The van der Waals surface area contributed by atoms with Crippen molar-refractivity contribution in [2.24, 2.45) is 29.1 Å². The summed E-state index contributed by atoms with van der Waals surface area (Å²) in [6, 6.07) is 7.67. The van der Waals surface area contributed by atoms with Crippen molar-refractivity contribution < 1.29 is 59.7 Å².